The minimum Gasteiger partial charge on any atom is -0.388 e. The molecule has 0 saturated heterocycles. The van der Waals surface area contributed by atoms with Crippen molar-refractivity contribution in [1.82, 2.24) is 4.98 Å². The van der Waals surface area contributed by atoms with Gasteiger partial charge in [-0.15, -0.1) is 0 Å². The summed E-state index contributed by atoms with van der Waals surface area (Å²) in [4.78, 5) is 14.7. The van der Waals surface area contributed by atoms with Crippen molar-refractivity contribution in [2.75, 3.05) is 6.61 Å². The van der Waals surface area contributed by atoms with Gasteiger partial charge in [0.2, 0.25) is 5.78 Å². The minimum absolute atomic E-state index is 0.273. The van der Waals surface area contributed by atoms with Gasteiger partial charge in [-0.3, -0.25) is 9.78 Å². The van der Waals surface area contributed by atoms with E-state index in [-0.39, 0.29) is 11.5 Å². The van der Waals surface area contributed by atoms with Gasteiger partial charge in [-0.1, -0.05) is 12.7 Å². The summed E-state index contributed by atoms with van der Waals surface area (Å²) < 4.78 is 0. The lowest BCUT2D eigenvalue weighted by Gasteiger charge is -1.96. The standard InChI is InChI=1S/C9H9NO2/c1-2-7-3-4-10-8(5-7)9(12)6-11/h2-5,11H,1,6H2. The average Bonchev–Trinajstić information content (AvgIpc) is 2.17. The van der Waals surface area contributed by atoms with E-state index in [2.05, 4.69) is 11.6 Å². The van der Waals surface area contributed by atoms with Crippen molar-refractivity contribution in [3.8, 4) is 0 Å². The quantitative estimate of drug-likeness (QED) is 0.673. The summed E-state index contributed by atoms with van der Waals surface area (Å²) in [6, 6.07) is 3.33. The largest absolute Gasteiger partial charge is 0.388 e. The van der Waals surface area contributed by atoms with Gasteiger partial charge in [0.05, 0.1) is 0 Å². The lowest BCUT2D eigenvalue weighted by Crippen LogP contribution is -2.06. The molecular weight excluding hydrogens is 154 g/mol. The first-order chi connectivity index (χ1) is 5.77. The van der Waals surface area contributed by atoms with E-state index in [1.807, 2.05) is 0 Å². The Kier molecular flexibility index (Phi) is 2.71. The van der Waals surface area contributed by atoms with Crippen LogP contribution in [0.25, 0.3) is 6.08 Å². The molecule has 1 aromatic rings. The Hall–Kier alpha value is -1.48. The Balaban J connectivity index is 3.01. The number of carbonyl (C=O) groups is 1. The zero-order chi connectivity index (χ0) is 8.97. The van der Waals surface area contributed by atoms with Crippen LogP contribution in [-0.2, 0) is 0 Å². The molecule has 0 aliphatic rings. The number of hydrogen-bond acceptors (Lipinski definition) is 3. The molecule has 0 saturated carbocycles. The van der Waals surface area contributed by atoms with Crippen molar-refractivity contribution >= 4 is 11.9 Å². The number of Topliss-reactive ketones (excluding diaryl/α,β-unsaturated/α-hetero) is 1. The topological polar surface area (TPSA) is 50.2 Å². The number of aromatic nitrogens is 1. The van der Waals surface area contributed by atoms with E-state index in [1.54, 1.807) is 18.2 Å². The zero-order valence-corrected chi connectivity index (χ0v) is 6.53. The van der Waals surface area contributed by atoms with Crippen molar-refractivity contribution in [1.29, 1.82) is 0 Å². The summed E-state index contributed by atoms with van der Waals surface area (Å²) >= 11 is 0. The van der Waals surface area contributed by atoms with Crippen LogP contribution in [0.4, 0.5) is 0 Å². The van der Waals surface area contributed by atoms with Gasteiger partial charge in [-0.05, 0) is 17.7 Å². The number of hydrogen-bond donors (Lipinski definition) is 1. The van der Waals surface area contributed by atoms with Crippen LogP contribution in [0.3, 0.4) is 0 Å². The van der Waals surface area contributed by atoms with Gasteiger partial charge in [-0.2, -0.15) is 0 Å². The molecular formula is C9H9NO2. The maximum Gasteiger partial charge on any atom is 0.206 e. The van der Waals surface area contributed by atoms with Crippen molar-refractivity contribution in [2.45, 2.75) is 0 Å². The molecule has 0 aromatic carbocycles. The van der Waals surface area contributed by atoms with Crippen LogP contribution in [0.5, 0.6) is 0 Å². The highest BCUT2D eigenvalue weighted by atomic mass is 16.3. The predicted molar refractivity (Wildman–Crippen MR) is 45.7 cm³/mol. The first kappa shape index (κ1) is 8.62. The van der Waals surface area contributed by atoms with Gasteiger partial charge in [0, 0.05) is 6.20 Å². The molecule has 0 fully saturated rings. The molecule has 0 bridgehead atoms. The van der Waals surface area contributed by atoms with E-state index >= 15 is 0 Å². The van der Waals surface area contributed by atoms with Crippen LogP contribution < -0.4 is 0 Å². The fourth-order valence-electron chi connectivity index (χ4n) is 0.807. The molecule has 0 unspecified atom stereocenters. The maximum absolute atomic E-state index is 10.9. The molecule has 1 aromatic heterocycles. The molecule has 0 aliphatic carbocycles. The molecule has 12 heavy (non-hydrogen) atoms. The van der Waals surface area contributed by atoms with Crippen LogP contribution in [0.15, 0.2) is 24.9 Å². The third-order valence-electron chi connectivity index (χ3n) is 1.45. The smallest absolute Gasteiger partial charge is 0.206 e. The molecule has 3 nitrogen and oxygen atoms in total. The van der Waals surface area contributed by atoms with Crippen LogP contribution in [0.1, 0.15) is 16.1 Å². The molecule has 0 spiro atoms. The number of carbonyl (C=O) groups excluding carboxylic acids is 1. The second kappa shape index (κ2) is 3.78. The lowest BCUT2D eigenvalue weighted by atomic mass is 10.2. The number of ketones is 1. The minimum atomic E-state index is -0.506. The fraction of sp³-hybridized carbons (Fsp3) is 0.111. The van der Waals surface area contributed by atoms with Crippen molar-refractivity contribution in [3.63, 3.8) is 0 Å². The summed E-state index contributed by atoms with van der Waals surface area (Å²) in [5.74, 6) is -0.376. The van der Waals surface area contributed by atoms with E-state index in [0.29, 0.717) is 0 Å². The fourth-order valence-corrected chi connectivity index (χ4v) is 0.807. The number of nitrogens with zero attached hydrogens (tertiary/aromatic N) is 1. The Morgan fingerprint density at radius 2 is 2.50 bits per heavy atom. The SMILES string of the molecule is C=Cc1ccnc(C(=O)CO)c1. The van der Waals surface area contributed by atoms with Crippen molar-refractivity contribution < 1.29 is 9.90 Å². The highest BCUT2D eigenvalue weighted by Crippen LogP contribution is 2.03. The van der Waals surface area contributed by atoms with E-state index < -0.39 is 6.61 Å². The van der Waals surface area contributed by atoms with E-state index in [0.717, 1.165) is 5.56 Å². The van der Waals surface area contributed by atoms with Crippen molar-refractivity contribution in [3.05, 3.63) is 36.2 Å². The number of pyridine rings is 1. The third kappa shape index (κ3) is 1.77. The van der Waals surface area contributed by atoms with Gasteiger partial charge in [0.15, 0.2) is 0 Å². The number of aliphatic hydroxyl groups is 1. The van der Waals surface area contributed by atoms with Crippen LogP contribution >= 0.6 is 0 Å². The Morgan fingerprint density at radius 1 is 1.75 bits per heavy atom. The molecule has 1 heterocycles. The van der Waals surface area contributed by atoms with Crippen LogP contribution in [-0.4, -0.2) is 22.5 Å². The van der Waals surface area contributed by atoms with Crippen LogP contribution in [0, 0.1) is 0 Å². The van der Waals surface area contributed by atoms with Gasteiger partial charge in [0.25, 0.3) is 0 Å². The highest BCUT2D eigenvalue weighted by molar-refractivity contribution is 5.95. The van der Waals surface area contributed by atoms with E-state index in [1.165, 1.54) is 6.20 Å². The first-order valence-electron chi connectivity index (χ1n) is 3.50. The first-order valence-corrected chi connectivity index (χ1v) is 3.50. The van der Waals surface area contributed by atoms with E-state index in [9.17, 15) is 4.79 Å². The summed E-state index contributed by atoms with van der Waals surface area (Å²) in [6.07, 6.45) is 3.13. The zero-order valence-electron chi connectivity index (χ0n) is 6.53. The molecule has 62 valence electrons. The second-order valence-electron chi connectivity index (χ2n) is 2.26. The summed E-state index contributed by atoms with van der Waals surface area (Å²) in [5, 5.41) is 8.54. The number of aliphatic hydroxyl groups excluding tert-OH is 1. The Morgan fingerprint density at radius 3 is 3.08 bits per heavy atom. The Labute approximate surface area is 70.4 Å². The van der Waals surface area contributed by atoms with Gasteiger partial charge in [-0.25, -0.2) is 0 Å². The molecule has 0 atom stereocenters. The predicted octanol–water partition coefficient (Wildman–Crippen LogP) is 0.900. The average molecular weight is 163 g/mol. The van der Waals surface area contributed by atoms with Gasteiger partial charge < -0.3 is 5.11 Å². The van der Waals surface area contributed by atoms with Crippen LogP contribution in [0.2, 0.25) is 0 Å². The summed E-state index contributed by atoms with van der Waals surface area (Å²) in [7, 11) is 0. The molecule has 1 rings (SSSR count). The molecule has 0 radical (unpaired) electrons. The molecule has 1 N–H and O–H groups in total. The summed E-state index contributed by atoms with van der Waals surface area (Å²) in [6.45, 7) is 3.05. The molecule has 0 aliphatic heterocycles. The molecule has 0 amide bonds. The van der Waals surface area contributed by atoms with Gasteiger partial charge >= 0.3 is 0 Å². The Bertz CT molecular complexity index is 307. The summed E-state index contributed by atoms with van der Waals surface area (Å²) in [5.41, 5.74) is 1.09. The third-order valence-corrected chi connectivity index (χ3v) is 1.45. The monoisotopic (exact) mass is 163 g/mol. The van der Waals surface area contributed by atoms with Gasteiger partial charge in [0.1, 0.15) is 12.3 Å². The lowest BCUT2D eigenvalue weighted by molar-refractivity contribution is 0.0898. The molecule has 3 heteroatoms. The number of rotatable bonds is 3. The van der Waals surface area contributed by atoms with E-state index in [4.69, 9.17) is 5.11 Å². The second-order valence-corrected chi connectivity index (χ2v) is 2.26. The highest BCUT2D eigenvalue weighted by Gasteiger charge is 2.04. The maximum atomic E-state index is 10.9. The van der Waals surface area contributed by atoms with Crippen molar-refractivity contribution in [2.24, 2.45) is 0 Å². The normalized spacial score (nSPS) is 9.42.